The third-order valence-electron chi connectivity index (χ3n) is 4.88. The summed E-state index contributed by atoms with van der Waals surface area (Å²) in [5, 5.41) is 6.39. The van der Waals surface area contributed by atoms with Crippen molar-refractivity contribution in [2.24, 2.45) is 11.7 Å². The van der Waals surface area contributed by atoms with Gasteiger partial charge in [0, 0.05) is 25.0 Å². The lowest BCUT2D eigenvalue weighted by Gasteiger charge is -2.26. The Morgan fingerprint density at radius 2 is 2.00 bits per heavy atom. The first-order valence-electron chi connectivity index (χ1n) is 9.48. The van der Waals surface area contributed by atoms with E-state index in [1.807, 2.05) is 42.1 Å². The molecule has 3 rings (SSSR count). The molecule has 7 nitrogen and oxygen atoms in total. The van der Waals surface area contributed by atoms with Crippen LogP contribution in [0, 0.1) is 5.92 Å². The van der Waals surface area contributed by atoms with E-state index in [4.69, 9.17) is 5.73 Å². The van der Waals surface area contributed by atoms with E-state index < -0.39 is 6.04 Å². The fourth-order valence-electron chi connectivity index (χ4n) is 3.55. The number of aromatic nitrogens is 3. The molecule has 0 aliphatic heterocycles. The van der Waals surface area contributed by atoms with E-state index in [0.29, 0.717) is 17.7 Å². The van der Waals surface area contributed by atoms with Gasteiger partial charge in [0.25, 0.3) is 0 Å². The Morgan fingerprint density at radius 3 is 2.65 bits per heavy atom. The minimum atomic E-state index is -0.417. The molecule has 140 valence electrons. The topological polar surface area (TPSA) is 97.9 Å². The second kappa shape index (κ2) is 8.69. The quantitative estimate of drug-likeness (QED) is 0.675. The second-order valence-electron chi connectivity index (χ2n) is 6.89. The van der Waals surface area contributed by atoms with Gasteiger partial charge in [-0.05, 0) is 31.4 Å². The molecule has 0 radical (unpaired) electrons. The van der Waals surface area contributed by atoms with Gasteiger partial charge in [-0.25, -0.2) is 0 Å². The maximum absolute atomic E-state index is 12.0. The molecule has 0 spiro atoms. The standard InChI is InChI=1S/C19H28N6O/c1-2-21-19-23-16(13-17(24-19)25-10-6-7-11-25)22-15(18(20)26)12-14-8-4-3-5-9-14/h6-7,10-11,13-15H,2-5,8-9,12H2,1H3,(H2,20,26)(H2,21,22,23,24)/t15-/m1/s1. The average molecular weight is 356 g/mol. The van der Waals surface area contributed by atoms with Crippen molar-refractivity contribution in [3.8, 4) is 5.82 Å². The molecular formula is C19H28N6O. The highest BCUT2D eigenvalue weighted by atomic mass is 16.1. The zero-order valence-corrected chi connectivity index (χ0v) is 15.3. The average Bonchev–Trinajstić information content (AvgIpc) is 3.17. The monoisotopic (exact) mass is 356 g/mol. The van der Waals surface area contributed by atoms with Gasteiger partial charge in [0.2, 0.25) is 11.9 Å². The van der Waals surface area contributed by atoms with Gasteiger partial charge in [-0.1, -0.05) is 32.1 Å². The fraction of sp³-hybridized carbons (Fsp3) is 0.526. The van der Waals surface area contributed by atoms with E-state index in [1.165, 1.54) is 32.1 Å². The van der Waals surface area contributed by atoms with Crippen LogP contribution in [-0.2, 0) is 4.79 Å². The molecule has 2 aromatic heterocycles. The van der Waals surface area contributed by atoms with Crippen LogP contribution in [0.3, 0.4) is 0 Å². The number of rotatable bonds is 8. The summed E-state index contributed by atoms with van der Waals surface area (Å²) < 4.78 is 1.91. The lowest BCUT2D eigenvalue weighted by molar-refractivity contribution is -0.119. The maximum Gasteiger partial charge on any atom is 0.239 e. The number of primary amides is 1. The highest BCUT2D eigenvalue weighted by molar-refractivity contribution is 5.82. The van der Waals surface area contributed by atoms with Crippen LogP contribution < -0.4 is 16.4 Å². The number of hydrogen-bond acceptors (Lipinski definition) is 5. The lowest BCUT2D eigenvalue weighted by atomic mass is 9.84. The van der Waals surface area contributed by atoms with Crippen LogP contribution in [0.4, 0.5) is 11.8 Å². The maximum atomic E-state index is 12.0. The van der Waals surface area contributed by atoms with Crippen LogP contribution in [-0.4, -0.2) is 33.0 Å². The van der Waals surface area contributed by atoms with Gasteiger partial charge in [-0.15, -0.1) is 0 Å². The van der Waals surface area contributed by atoms with Crippen LogP contribution in [0.25, 0.3) is 5.82 Å². The zero-order valence-electron chi connectivity index (χ0n) is 15.3. The number of nitrogens with zero attached hydrogens (tertiary/aromatic N) is 3. The molecule has 1 fully saturated rings. The lowest BCUT2D eigenvalue weighted by Crippen LogP contribution is -2.37. The molecule has 1 amide bonds. The summed E-state index contributed by atoms with van der Waals surface area (Å²) in [4.78, 5) is 21.0. The van der Waals surface area contributed by atoms with E-state index in [-0.39, 0.29) is 5.91 Å². The summed E-state index contributed by atoms with van der Waals surface area (Å²) in [7, 11) is 0. The van der Waals surface area contributed by atoms with Gasteiger partial charge in [0.1, 0.15) is 17.7 Å². The molecule has 1 saturated carbocycles. The fourth-order valence-corrected chi connectivity index (χ4v) is 3.55. The SMILES string of the molecule is CCNc1nc(N[C@H](CC2CCCCC2)C(N)=O)cc(-n2cccc2)n1. The van der Waals surface area contributed by atoms with Crippen LogP contribution in [0.1, 0.15) is 45.4 Å². The first-order chi connectivity index (χ1) is 12.7. The van der Waals surface area contributed by atoms with Crippen molar-refractivity contribution in [1.29, 1.82) is 0 Å². The molecule has 1 aliphatic carbocycles. The highest BCUT2D eigenvalue weighted by Gasteiger charge is 2.23. The summed E-state index contributed by atoms with van der Waals surface area (Å²) in [6, 6.07) is 5.31. The normalized spacial score (nSPS) is 16.2. The number of anilines is 2. The van der Waals surface area contributed by atoms with Crippen molar-refractivity contribution in [1.82, 2.24) is 14.5 Å². The van der Waals surface area contributed by atoms with Crippen molar-refractivity contribution >= 4 is 17.7 Å². The molecule has 1 atom stereocenters. The smallest absolute Gasteiger partial charge is 0.239 e. The Balaban J connectivity index is 1.80. The molecular weight excluding hydrogens is 328 g/mol. The van der Waals surface area contributed by atoms with Gasteiger partial charge in [-0.2, -0.15) is 9.97 Å². The number of hydrogen-bond donors (Lipinski definition) is 3. The van der Waals surface area contributed by atoms with Gasteiger partial charge >= 0.3 is 0 Å². The largest absolute Gasteiger partial charge is 0.368 e. The van der Waals surface area contributed by atoms with Crippen LogP contribution >= 0.6 is 0 Å². The van der Waals surface area contributed by atoms with Gasteiger partial charge < -0.3 is 20.9 Å². The molecule has 0 bridgehead atoms. The molecule has 0 aromatic carbocycles. The van der Waals surface area contributed by atoms with Crippen molar-refractivity contribution in [2.75, 3.05) is 17.2 Å². The molecule has 1 aliphatic rings. The minimum absolute atomic E-state index is 0.332. The predicted octanol–water partition coefficient (Wildman–Crippen LogP) is 2.94. The van der Waals surface area contributed by atoms with E-state index in [1.54, 1.807) is 0 Å². The van der Waals surface area contributed by atoms with Crippen LogP contribution in [0.15, 0.2) is 30.6 Å². The second-order valence-corrected chi connectivity index (χ2v) is 6.89. The van der Waals surface area contributed by atoms with Crippen molar-refractivity contribution < 1.29 is 4.79 Å². The number of nitrogens with two attached hydrogens (primary N) is 1. The molecule has 4 N–H and O–H groups in total. The Bertz CT molecular complexity index is 709. The summed E-state index contributed by atoms with van der Waals surface area (Å²) in [5.74, 6) is 2.10. The number of amides is 1. The van der Waals surface area contributed by atoms with E-state index >= 15 is 0 Å². The molecule has 2 heterocycles. The van der Waals surface area contributed by atoms with E-state index in [0.717, 1.165) is 18.8 Å². The minimum Gasteiger partial charge on any atom is -0.368 e. The van der Waals surface area contributed by atoms with Gasteiger partial charge in [-0.3, -0.25) is 4.79 Å². The number of carbonyl (C=O) groups excluding carboxylic acids is 1. The Morgan fingerprint density at radius 1 is 1.27 bits per heavy atom. The van der Waals surface area contributed by atoms with Gasteiger partial charge in [0.05, 0.1) is 0 Å². The summed E-state index contributed by atoms with van der Waals surface area (Å²) in [6.45, 7) is 2.71. The van der Waals surface area contributed by atoms with Crippen LogP contribution in [0.2, 0.25) is 0 Å². The summed E-state index contributed by atoms with van der Waals surface area (Å²) in [5.41, 5.74) is 5.67. The molecule has 7 heteroatoms. The Labute approximate surface area is 154 Å². The number of carbonyl (C=O) groups is 1. The predicted molar refractivity (Wildman–Crippen MR) is 103 cm³/mol. The summed E-state index contributed by atoms with van der Waals surface area (Å²) in [6.07, 6.45) is 10.7. The van der Waals surface area contributed by atoms with Gasteiger partial charge in [0.15, 0.2) is 0 Å². The third-order valence-corrected chi connectivity index (χ3v) is 4.88. The number of nitrogens with one attached hydrogen (secondary N) is 2. The zero-order chi connectivity index (χ0) is 18.4. The Hall–Kier alpha value is -2.57. The molecule has 26 heavy (non-hydrogen) atoms. The first kappa shape index (κ1) is 18.2. The molecule has 2 aromatic rings. The van der Waals surface area contributed by atoms with E-state index in [2.05, 4.69) is 20.6 Å². The van der Waals surface area contributed by atoms with Crippen molar-refractivity contribution in [3.05, 3.63) is 30.6 Å². The van der Waals surface area contributed by atoms with E-state index in [9.17, 15) is 4.79 Å². The summed E-state index contributed by atoms with van der Waals surface area (Å²) >= 11 is 0. The highest BCUT2D eigenvalue weighted by Crippen LogP contribution is 2.28. The molecule has 0 saturated heterocycles. The third kappa shape index (κ3) is 4.74. The van der Waals surface area contributed by atoms with Crippen molar-refractivity contribution in [2.45, 2.75) is 51.5 Å². The Kier molecular flexibility index (Phi) is 6.09. The first-order valence-corrected chi connectivity index (χ1v) is 9.48. The van der Waals surface area contributed by atoms with Crippen molar-refractivity contribution in [3.63, 3.8) is 0 Å². The van der Waals surface area contributed by atoms with Crippen LogP contribution in [0.5, 0.6) is 0 Å². The molecule has 0 unspecified atom stereocenters.